The number of benzene rings is 1. The molecule has 0 saturated carbocycles. The van der Waals surface area contributed by atoms with E-state index in [1.54, 1.807) is 6.92 Å². The number of nitro benzene ring substituents is 2. The Morgan fingerprint density at radius 1 is 1.00 bits per heavy atom. The zero-order valence-electron chi connectivity index (χ0n) is 17.3. The van der Waals surface area contributed by atoms with Gasteiger partial charge in [-0.05, 0) is 63.9 Å². The van der Waals surface area contributed by atoms with Crippen LogP contribution in [0.25, 0.3) is 0 Å². The number of rotatable bonds is 9. The predicted octanol–water partition coefficient (Wildman–Crippen LogP) is 5.71. The third-order valence-electron chi connectivity index (χ3n) is 4.76. The average molecular weight is 426 g/mol. The maximum atomic E-state index is 11.2. The summed E-state index contributed by atoms with van der Waals surface area (Å²) in [4.78, 5) is 20.7. The summed E-state index contributed by atoms with van der Waals surface area (Å²) in [7, 11) is 0. The van der Waals surface area contributed by atoms with Gasteiger partial charge in [-0.2, -0.15) is 5.10 Å². The zero-order valence-corrected chi connectivity index (χ0v) is 17.3. The summed E-state index contributed by atoms with van der Waals surface area (Å²) in [6.45, 7) is 5.55. The van der Waals surface area contributed by atoms with Crippen LogP contribution in [0.4, 0.5) is 17.1 Å². The Balaban J connectivity index is 1.73. The van der Waals surface area contributed by atoms with Gasteiger partial charge in [0.15, 0.2) is 0 Å². The maximum absolute atomic E-state index is 11.2. The van der Waals surface area contributed by atoms with Crippen molar-refractivity contribution in [3.63, 3.8) is 0 Å². The van der Waals surface area contributed by atoms with Gasteiger partial charge in [-0.3, -0.25) is 25.7 Å². The number of furan rings is 2. The van der Waals surface area contributed by atoms with Gasteiger partial charge in [0.05, 0.1) is 21.8 Å². The highest BCUT2D eigenvalue weighted by Crippen LogP contribution is 2.32. The molecular weight excluding hydrogens is 404 g/mol. The molecule has 1 aromatic carbocycles. The van der Waals surface area contributed by atoms with E-state index < -0.39 is 15.5 Å². The summed E-state index contributed by atoms with van der Waals surface area (Å²) in [5, 5.41) is 26.3. The third kappa shape index (κ3) is 5.35. The van der Waals surface area contributed by atoms with Crippen molar-refractivity contribution in [2.45, 2.75) is 39.5 Å². The molecule has 0 saturated heterocycles. The Morgan fingerprint density at radius 2 is 1.61 bits per heavy atom. The SMILES string of the molecule is C/C(CCC(c1ccc(C)o1)c1ccc(C)o1)=N/Nc1ccc([N+](=O)[O-])cc1[N+](=O)[O-]. The summed E-state index contributed by atoms with van der Waals surface area (Å²) >= 11 is 0. The van der Waals surface area contributed by atoms with E-state index in [0.29, 0.717) is 18.6 Å². The molecule has 10 nitrogen and oxygen atoms in total. The Hall–Kier alpha value is -3.95. The van der Waals surface area contributed by atoms with Crippen LogP contribution >= 0.6 is 0 Å². The number of hydrogen-bond donors (Lipinski definition) is 1. The molecule has 3 rings (SSSR count). The number of hydrazone groups is 1. The van der Waals surface area contributed by atoms with Crippen LogP contribution in [0, 0.1) is 34.1 Å². The van der Waals surface area contributed by atoms with Gasteiger partial charge in [-0.1, -0.05) is 0 Å². The standard InChI is InChI=1S/C21H22N4O6/c1-13(22-23-18-9-7-16(24(26)27)12-19(18)25(28)29)4-8-17(20-10-5-14(2)30-20)21-11-6-15(3)31-21/h5-7,9-12,17,23H,4,8H2,1-3H3/b22-13-. The molecule has 0 aliphatic heterocycles. The largest absolute Gasteiger partial charge is 0.466 e. The highest BCUT2D eigenvalue weighted by molar-refractivity contribution is 5.83. The smallest absolute Gasteiger partial charge is 0.301 e. The molecule has 10 heteroatoms. The first-order valence-electron chi connectivity index (χ1n) is 9.59. The van der Waals surface area contributed by atoms with E-state index >= 15 is 0 Å². The van der Waals surface area contributed by atoms with Crippen molar-refractivity contribution >= 4 is 22.8 Å². The van der Waals surface area contributed by atoms with Crippen LogP contribution in [0.15, 0.2) is 56.4 Å². The molecule has 0 unspecified atom stereocenters. The molecule has 162 valence electrons. The highest BCUT2D eigenvalue weighted by atomic mass is 16.6. The molecule has 2 aromatic heterocycles. The van der Waals surface area contributed by atoms with Crippen molar-refractivity contribution in [2.24, 2.45) is 5.10 Å². The first-order valence-corrected chi connectivity index (χ1v) is 9.59. The second-order valence-corrected chi connectivity index (χ2v) is 7.16. The molecule has 3 aromatic rings. The lowest BCUT2D eigenvalue weighted by atomic mass is 9.96. The molecule has 0 atom stereocenters. The lowest BCUT2D eigenvalue weighted by Crippen LogP contribution is -2.05. The fourth-order valence-electron chi connectivity index (χ4n) is 3.15. The number of nitro groups is 2. The minimum Gasteiger partial charge on any atom is -0.466 e. The molecule has 1 N–H and O–H groups in total. The molecule has 0 aliphatic carbocycles. The van der Waals surface area contributed by atoms with E-state index in [0.717, 1.165) is 29.1 Å². The monoisotopic (exact) mass is 426 g/mol. The predicted molar refractivity (Wildman–Crippen MR) is 114 cm³/mol. The van der Waals surface area contributed by atoms with Crippen molar-refractivity contribution < 1.29 is 18.7 Å². The molecule has 2 heterocycles. The van der Waals surface area contributed by atoms with Gasteiger partial charge in [0.1, 0.15) is 28.7 Å². The molecular formula is C21H22N4O6. The zero-order chi connectivity index (χ0) is 22.5. The van der Waals surface area contributed by atoms with Crippen molar-refractivity contribution in [3.8, 4) is 0 Å². The number of non-ortho nitro benzene ring substituents is 1. The molecule has 0 spiro atoms. The second-order valence-electron chi connectivity index (χ2n) is 7.16. The molecule has 0 fully saturated rings. The average Bonchev–Trinajstić information content (AvgIpc) is 3.34. The fraction of sp³-hybridized carbons (Fsp3) is 0.286. The summed E-state index contributed by atoms with van der Waals surface area (Å²) in [6, 6.07) is 11.0. The van der Waals surface area contributed by atoms with E-state index in [-0.39, 0.29) is 17.3 Å². The molecule has 0 bridgehead atoms. The first kappa shape index (κ1) is 21.8. The summed E-state index contributed by atoms with van der Waals surface area (Å²) in [5.74, 6) is 3.10. The van der Waals surface area contributed by atoms with Crippen LogP contribution in [0.3, 0.4) is 0 Å². The van der Waals surface area contributed by atoms with E-state index in [1.807, 2.05) is 38.1 Å². The number of nitrogens with one attached hydrogen (secondary N) is 1. The van der Waals surface area contributed by atoms with E-state index in [4.69, 9.17) is 8.83 Å². The van der Waals surface area contributed by atoms with Crippen LogP contribution in [-0.2, 0) is 0 Å². The Morgan fingerprint density at radius 3 is 2.10 bits per heavy atom. The van der Waals surface area contributed by atoms with Crippen molar-refractivity contribution in [1.82, 2.24) is 0 Å². The molecule has 0 radical (unpaired) electrons. The van der Waals surface area contributed by atoms with Crippen molar-refractivity contribution in [3.05, 3.63) is 85.7 Å². The van der Waals surface area contributed by atoms with Gasteiger partial charge in [0.25, 0.3) is 5.69 Å². The third-order valence-corrected chi connectivity index (χ3v) is 4.76. The molecule has 0 aliphatic rings. The van der Waals surface area contributed by atoms with Gasteiger partial charge in [0.2, 0.25) is 0 Å². The topological polar surface area (TPSA) is 137 Å². The minimum absolute atomic E-state index is 0.0785. The van der Waals surface area contributed by atoms with Gasteiger partial charge >= 0.3 is 5.69 Å². The van der Waals surface area contributed by atoms with Crippen LogP contribution < -0.4 is 5.43 Å². The van der Waals surface area contributed by atoms with Crippen molar-refractivity contribution in [1.29, 1.82) is 0 Å². The first-order chi connectivity index (χ1) is 14.7. The van der Waals surface area contributed by atoms with E-state index in [1.165, 1.54) is 12.1 Å². The van der Waals surface area contributed by atoms with E-state index in [9.17, 15) is 20.2 Å². The molecule has 0 amide bonds. The van der Waals surface area contributed by atoms with Gasteiger partial charge in [0, 0.05) is 11.8 Å². The highest BCUT2D eigenvalue weighted by Gasteiger charge is 2.22. The Bertz CT molecular complexity index is 1090. The van der Waals surface area contributed by atoms with Gasteiger partial charge < -0.3 is 8.83 Å². The Kier molecular flexibility index (Phi) is 6.49. The van der Waals surface area contributed by atoms with Crippen LogP contribution in [-0.4, -0.2) is 15.6 Å². The second kappa shape index (κ2) is 9.24. The summed E-state index contributed by atoms with van der Waals surface area (Å²) in [5.41, 5.74) is 2.65. The number of nitrogens with zero attached hydrogens (tertiary/aromatic N) is 3. The lowest BCUT2D eigenvalue weighted by Gasteiger charge is -2.12. The van der Waals surface area contributed by atoms with Crippen molar-refractivity contribution in [2.75, 3.05) is 5.43 Å². The fourth-order valence-corrected chi connectivity index (χ4v) is 3.15. The molecule has 31 heavy (non-hydrogen) atoms. The number of aryl methyl sites for hydroxylation is 2. The van der Waals surface area contributed by atoms with Crippen LogP contribution in [0.5, 0.6) is 0 Å². The maximum Gasteiger partial charge on any atom is 0.301 e. The Labute approximate surface area is 177 Å². The quantitative estimate of drug-likeness (QED) is 0.263. The van der Waals surface area contributed by atoms with Crippen LogP contribution in [0.1, 0.15) is 48.7 Å². The lowest BCUT2D eigenvalue weighted by molar-refractivity contribution is -0.393. The number of anilines is 1. The van der Waals surface area contributed by atoms with Gasteiger partial charge in [-0.25, -0.2) is 0 Å². The van der Waals surface area contributed by atoms with Gasteiger partial charge in [-0.15, -0.1) is 0 Å². The minimum atomic E-state index is -0.686. The normalized spacial score (nSPS) is 11.7. The van der Waals surface area contributed by atoms with Crippen LogP contribution in [0.2, 0.25) is 0 Å². The van der Waals surface area contributed by atoms with E-state index in [2.05, 4.69) is 10.5 Å². The number of hydrogen-bond acceptors (Lipinski definition) is 8. The summed E-state index contributed by atoms with van der Waals surface area (Å²) in [6.07, 6.45) is 1.22. The summed E-state index contributed by atoms with van der Waals surface area (Å²) < 4.78 is 11.6.